The van der Waals surface area contributed by atoms with E-state index in [1.165, 1.54) is 0 Å². The summed E-state index contributed by atoms with van der Waals surface area (Å²) in [4.78, 5) is 4.28. The van der Waals surface area contributed by atoms with Gasteiger partial charge in [-0.05, 0) is 6.92 Å². The second-order valence-electron chi connectivity index (χ2n) is 3.92. The first-order chi connectivity index (χ1) is 5.45. The van der Waals surface area contributed by atoms with E-state index < -0.39 is 0 Å². The van der Waals surface area contributed by atoms with Gasteiger partial charge in [0.2, 0.25) is 0 Å². The average molecular weight is 187 g/mol. The van der Waals surface area contributed by atoms with E-state index in [0.717, 1.165) is 12.4 Å². The second-order valence-corrected chi connectivity index (χ2v) is 4.31. The smallest absolute Gasteiger partial charge is 0.147 e. The molecule has 0 aliphatic carbocycles. The minimum atomic E-state index is 0.0726. The van der Waals surface area contributed by atoms with E-state index in [1.807, 2.05) is 6.20 Å². The van der Waals surface area contributed by atoms with Crippen LogP contribution in [-0.2, 0) is 12.0 Å². The van der Waals surface area contributed by atoms with Crippen molar-refractivity contribution in [2.24, 2.45) is 0 Å². The molecular weight excluding hydrogens is 172 g/mol. The molecule has 0 bridgehead atoms. The number of nitrogens with zero attached hydrogens (tertiary/aromatic N) is 2. The Morgan fingerprint density at radius 1 is 1.50 bits per heavy atom. The number of halogens is 1. The van der Waals surface area contributed by atoms with Crippen LogP contribution in [0.4, 0.5) is 0 Å². The summed E-state index contributed by atoms with van der Waals surface area (Å²) in [6.07, 6.45) is 1.88. The highest BCUT2D eigenvalue weighted by Gasteiger charge is 2.20. The topological polar surface area (TPSA) is 17.8 Å². The van der Waals surface area contributed by atoms with Gasteiger partial charge in [0.1, 0.15) is 11.0 Å². The summed E-state index contributed by atoms with van der Waals surface area (Å²) in [6.45, 7) is 9.42. The lowest BCUT2D eigenvalue weighted by atomic mass is 9.96. The molecule has 1 rings (SSSR count). The number of hydrogen-bond donors (Lipinski definition) is 0. The van der Waals surface area contributed by atoms with E-state index in [2.05, 4.69) is 37.2 Å². The minimum Gasteiger partial charge on any atom is -0.333 e. The highest BCUT2D eigenvalue weighted by Crippen LogP contribution is 2.22. The molecule has 0 fully saturated rings. The van der Waals surface area contributed by atoms with Crippen LogP contribution in [0, 0.1) is 0 Å². The lowest BCUT2D eigenvalue weighted by Gasteiger charge is -2.18. The summed E-state index contributed by atoms with van der Waals surface area (Å²) in [5.41, 5.74) is 0.0726. The average Bonchev–Trinajstić information content (AvgIpc) is 2.29. The van der Waals surface area contributed by atoms with Gasteiger partial charge in [-0.2, -0.15) is 0 Å². The van der Waals surface area contributed by atoms with E-state index in [0.29, 0.717) is 5.15 Å². The zero-order valence-electron chi connectivity index (χ0n) is 8.06. The van der Waals surface area contributed by atoms with E-state index in [1.54, 1.807) is 0 Å². The summed E-state index contributed by atoms with van der Waals surface area (Å²) >= 11 is 5.82. The SMILES string of the molecule is CCn1cc(Cl)nc1C(C)(C)C. The maximum atomic E-state index is 5.82. The van der Waals surface area contributed by atoms with Gasteiger partial charge in [-0.3, -0.25) is 0 Å². The zero-order valence-corrected chi connectivity index (χ0v) is 8.81. The van der Waals surface area contributed by atoms with E-state index in [9.17, 15) is 0 Å². The Morgan fingerprint density at radius 2 is 2.08 bits per heavy atom. The summed E-state index contributed by atoms with van der Waals surface area (Å²) in [7, 11) is 0. The summed E-state index contributed by atoms with van der Waals surface area (Å²) in [5.74, 6) is 1.05. The molecular formula is C9H15ClN2. The van der Waals surface area contributed by atoms with Crippen molar-refractivity contribution in [1.29, 1.82) is 0 Å². The molecule has 0 radical (unpaired) electrons. The van der Waals surface area contributed by atoms with Gasteiger partial charge in [-0.25, -0.2) is 4.98 Å². The predicted molar refractivity (Wildman–Crippen MR) is 51.6 cm³/mol. The molecule has 0 N–H and O–H groups in total. The molecule has 0 unspecified atom stereocenters. The molecule has 0 aromatic carbocycles. The standard InChI is InChI=1S/C9H15ClN2/c1-5-12-6-7(10)11-8(12)9(2,3)4/h6H,5H2,1-4H3. The van der Waals surface area contributed by atoms with Gasteiger partial charge >= 0.3 is 0 Å². The van der Waals surface area contributed by atoms with Crippen LogP contribution in [0.3, 0.4) is 0 Å². The van der Waals surface area contributed by atoms with Gasteiger partial charge in [-0.1, -0.05) is 32.4 Å². The summed E-state index contributed by atoms with van der Waals surface area (Å²) in [6, 6.07) is 0. The quantitative estimate of drug-likeness (QED) is 0.660. The summed E-state index contributed by atoms with van der Waals surface area (Å²) in [5, 5.41) is 0.585. The van der Waals surface area contributed by atoms with E-state index in [4.69, 9.17) is 11.6 Å². The first-order valence-electron chi connectivity index (χ1n) is 4.18. The molecule has 2 nitrogen and oxygen atoms in total. The molecule has 12 heavy (non-hydrogen) atoms. The largest absolute Gasteiger partial charge is 0.333 e. The Hall–Kier alpha value is -0.500. The van der Waals surface area contributed by atoms with Crippen LogP contribution in [0.25, 0.3) is 0 Å². The predicted octanol–water partition coefficient (Wildman–Crippen LogP) is 2.85. The third-order valence-electron chi connectivity index (χ3n) is 1.76. The van der Waals surface area contributed by atoms with Crippen LogP contribution in [0.5, 0.6) is 0 Å². The maximum absolute atomic E-state index is 5.82. The maximum Gasteiger partial charge on any atom is 0.147 e. The molecule has 0 atom stereocenters. The van der Waals surface area contributed by atoms with Crippen molar-refractivity contribution in [1.82, 2.24) is 9.55 Å². The van der Waals surface area contributed by atoms with Crippen molar-refractivity contribution in [3.63, 3.8) is 0 Å². The fourth-order valence-corrected chi connectivity index (χ4v) is 1.42. The van der Waals surface area contributed by atoms with Gasteiger partial charge in [0.05, 0.1) is 0 Å². The number of aryl methyl sites for hydroxylation is 1. The van der Waals surface area contributed by atoms with E-state index >= 15 is 0 Å². The van der Waals surface area contributed by atoms with Gasteiger partial charge in [0, 0.05) is 18.2 Å². The Morgan fingerprint density at radius 3 is 2.42 bits per heavy atom. The normalized spacial score (nSPS) is 12.1. The highest BCUT2D eigenvalue weighted by molar-refractivity contribution is 6.29. The molecule has 68 valence electrons. The van der Waals surface area contributed by atoms with Crippen LogP contribution < -0.4 is 0 Å². The Bertz CT molecular complexity index is 271. The number of aromatic nitrogens is 2. The highest BCUT2D eigenvalue weighted by atomic mass is 35.5. The zero-order chi connectivity index (χ0) is 9.35. The third-order valence-corrected chi connectivity index (χ3v) is 1.94. The first-order valence-corrected chi connectivity index (χ1v) is 4.56. The second kappa shape index (κ2) is 3.09. The van der Waals surface area contributed by atoms with Gasteiger partial charge in [-0.15, -0.1) is 0 Å². The van der Waals surface area contributed by atoms with Crippen LogP contribution in [0.15, 0.2) is 6.20 Å². The summed E-state index contributed by atoms with van der Waals surface area (Å²) < 4.78 is 2.09. The van der Waals surface area contributed by atoms with Gasteiger partial charge in [0.15, 0.2) is 0 Å². The van der Waals surface area contributed by atoms with Crippen LogP contribution >= 0.6 is 11.6 Å². The Labute approximate surface area is 78.6 Å². The molecule has 0 saturated heterocycles. The molecule has 0 aliphatic rings. The van der Waals surface area contributed by atoms with Crippen molar-refractivity contribution in [2.75, 3.05) is 0 Å². The van der Waals surface area contributed by atoms with Crippen molar-refractivity contribution < 1.29 is 0 Å². The van der Waals surface area contributed by atoms with Crippen molar-refractivity contribution in [3.05, 3.63) is 17.2 Å². The number of imidazole rings is 1. The fraction of sp³-hybridized carbons (Fsp3) is 0.667. The molecule has 0 amide bonds. The first kappa shape index (κ1) is 9.59. The molecule has 1 heterocycles. The van der Waals surface area contributed by atoms with Crippen LogP contribution in [0.1, 0.15) is 33.5 Å². The fourth-order valence-electron chi connectivity index (χ4n) is 1.22. The lowest BCUT2D eigenvalue weighted by molar-refractivity contribution is 0.506. The lowest BCUT2D eigenvalue weighted by Crippen LogP contribution is -2.18. The van der Waals surface area contributed by atoms with Crippen molar-refractivity contribution in [3.8, 4) is 0 Å². The van der Waals surface area contributed by atoms with Crippen LogP contribution in [0.2, 0.25) is 5.15 Å². The Kier molecular flexibility index (Phi) is 2.47. The molecule has 0 aliphatic heterocycles. The van der Waals surface area contributed by atoms with Crippen molar-refractivity contribution >= 4 is 11.6 Å². The van der Waals surface area contributed by atoms with E-state index in [-0.39, 0.29) is 5.41 Å². The molecule has 0 spiro atoms. The van der Waals surface area contributed by atoms with Gasteiger partial charge in [0.25, 0.3) is 0 Å². The monoisotopic (exact) mass is 186 g/mol. The number of rotatable bonds is 1. The van der Waals surface area contributed by atoms with Crippen molar-refractivity contribution in [2.45, 2.75) is 39.7 Å². The molecule has 1 aromatic heterocycles. The van der Waals surface area contributed by atoms with Gasteiger partial charge < -0.3 is 4.57 Å². The third kappa shape index (κ3) is 1.81. The Balaban J connectivity index is 3.13. The molecule has 1 aromatic rings. The molecule has 0 saturated carbocycles. The molecule has 3 heteroatoms. The van der Waals surface area contributed by atoms with Crippen LogP contribution in [-0.4, -0.2) is 9.55 Å². The number of hydrogen-bond acceptors (Lipinski definition) is 1. The minimum absolute atomic E-state index is 0.0726.